The van der Waals surface area contributed by atoms with E-state index in [1.54, 1.807) is 0 Å². The van der Waals surface area contributed by atoms with Crippen LogP contribution in [0.15, 0.2) is 0 Å². The second kappa shape index (κ2) is 16.6. The van der Waals surface area contributed by atoms with Crippen molar-refractivity contribution in [2.24, 2.45) is 0 Å². The number of rotatable bonds is 0. The first-order chi connectivity index (χ1) is 0. The molecule has 0 aliphatic carbocycles. The monoisotopic (exact) mass is 180 g/mol. The van der Waals surface area contributed by atoms with Crippen molar-refractivity contribution in [2.75, 3.05) is 0 Å². The minimum Gasteiger partial charge on any atom is 0 e. The molecule has 0 bridgehead atoms. The van der Waals surface area contributed by atoms with Gasteiger partial charge in [-0.3, -0.25) is 0 Å². The van der Waals surface area contributed by atoms with Crippen LogP contribution in [-0.4, -0.2) is 60.8 Å². The van der Waals surface area contributed by atoms with Crippen LogP contribution < -0.4 is 0 Å². The third-order valence-electron chi connectivity index (χ3n) is 0. The van der Waals surface area contributed by atoms with Crippen LogP contribution in [0.3, 0.4) is 0 Å². The van der Waals surface area contributed by atoms with Gasteiger partial charge in [0.2, 0.25) is 0 Å². The fraction of sp³-hybridized carbons (Fsp3) is 0. The molecular formula is H4CaFe2Mg. The van der Waals surface area contributed by atoms with Gasteiger partial charge < -0.3 is 0 Å². The maximum Gasteiger partial charge on any atom is 0.316 e. The van der Waals surface area contributed by atoms with E-state index >= 15 is 0 Å². The molecule has 0 N–H and O–H groups in total. The molecule has 0 aromatic rings. The summed E-state index contributed by atoms with van der Waals surface area (Å²) in [6, 6.07) is 0. The number of hydrogen-bond donors (Lipinski definition) is 0. The van der Waals surface area contributed by atoms with Crippen LogP contribution in [0, 0.1) is 0 Å². The van der Waals surface area contributed by atoms with Crippen molar-refractivity contribution in [1.29, 1.82) is 0 Å². The molecule has 0 amide bonds. The maximum absolute atomic E-state index is 0. The average Bonchev–Trinajstić information content (AvgIpc) is 0. The van der Waals surface area contributed by atoms with Crippen molar-refractivity contribution >= 4 is 60.8 Å². The van der Waals surface area contributed by atoms with E-state index in [2.05, 4.69) is 0 Å². The second-order valence-electron chi connectivity index (χ2n) is 0. The van der Waals surface area contributed by atoms with Gasteiger partial charge in [-0.15, -0.1) is 0 Å². The minimum atomic E-state index is 0. The molecule has 0 saturated carbocycles. The molecule has 0 aliphatic heterocycles. The summed E-state index contributed by atoms with van der Waals surface area (Å²) in [6.07, 6.45) is 0. The second-order valence-corrected chi connectivity index (χ2v) is 0. The molecule has 4 heteroatoms. The molecule has 0 spiro atoms. The molecule has 0 unspecified atom stereocenters. The van der Waals surface area contributed by atoms with Crippen molar-refractivity contribution in [1.82, 2.24) is 0 Å². The average molecular weight is 180 g/mol. The van der Waals surface area contributed by atoms with E-state index in [0.29, 0.717) is 0 Å². The summed E-state index contributed by atoms with van der Waals surface area (Å²) in [6.45, 7) is 0. The van der Waals surface area contributed by atoms with Crippen LogP contribution in [0.5, 0.6) is 0 Å². The van der Waals surface area contributed by atoms with Crippen LogP contribution >= 0.6 is 0 Å². The van der Waals surface area contributed by atoms with Gasteiger partial charge in [0, 0.05) is 34.1 Å². The summed E-state index contributed by atoms with van der Waals surface area (Å²) >= 11 is 0. The van der Waals surface area contributed by atoms with E-state index < -0.39 is 0 Å². The van der Waals surface area contributed by atoms with Gasteiger partial charge in [0.25, 0.3) is 0 Å². The SMILES string of the molecule is [CaH2].[Fe].[Fe].[MgH2]. The van der Waals surface area contributed by atoms with E-state index in [9.17, 15) is 0 Å². The standard InChI is InChI=1S/Ca.2Fe.Mg.4H. The fourth-order valence-corrected chi connectivity index (χ4v) is 0. The molecule has 4 heavy (non-hydrogen) atoms. The van der Waals surface area contributed by atoms with E-state index in [1.165, 1.54) is 0 Å². The Kier molecular flexibility index (Phi) is 115. The normalized spacial score (nSPS) is 0. The molecule has 0 aromatic carbocycles. The summed E-state index contributed by atoms with van der Waals surface area (Å²) in [5.41, 5.74) is 0. The molecular weight excluding hydrogens is 176 g/mol. The van der Waals surface area contributed by atoms with Crippen LogP contribution in [0.25, 0.3) is 0 Å². The molecule has 0 radical (unpaired) electrons. The Hall–Kier alpha value is 3.06. The molecule has 0 heterocycles. The van der Waals surface area contributed by atoms with Crippen molar-refractivity contribution in [2.45, 2.75) is 0 Å². The van der Waals surface area contributed by atoms with Crippen LogP contribution in [-0.2, 0) is 34.1 Å². The van der Waals surface area contributed by atoms with Crippen molar-refractivity contribution < 1.29 is 34.1 Å². The first kappa shape index (κ1) is 27.7. The topological polar surface area (TPSA) is 0 Å². The van der Waals surface area contributed by atoms with Crippen LogP contribution in [0.1, 0.15) is 0 Å². The van der Waals surface area contributed by atoms with Crippen LogP contribution in [0.2, 0.25) is 0 Å². The van der Waals surface area contributed by atoms with Crippen molar-refractivity contribution in [3.05, 3.63) is 0 Å². The summed E-state index contributed by atoms with van der Waals surface area (Å²) in [5.74, 6) is 0. The molecule has 0 rings (SSSR count). The smallest absolute Gasteiger partial charge is 0 e. The zero-order valence-corrected chi connectivity index (χ0v) is 2.92. The van der Waals surface area contributed by atoms with E-state index in [-0.39, 0.29) is 94.9 Å². The fourth-order valence-electron chi connectivity index (χ4n) is 0. The van der Waals surface area contributed by atoms with Gasteiger partial charge in [-0.25, -0.2) is 0 Å². The molecule has 24 valence electrons. The van der Waals surface area contributed by atoms with E-state index in [1.807, 2.05) is 0 Å². The molecule has 0 saturated heterocycles. The molecule has 0 atom stereocenters. The predicted octanol–water partition coefficient (Wildman–Crippen LogP) is -1.84. The Morgan fingerprint density at radius 2 is 0.750 bits per heavy atom. The first-order valence-corrected chi connectivity index (χ1v) is 0. The van der Waals surface area contributed by atoms with Crippen LogP contribution in [0.4, 0.5) is 0 Å². The van der Waals surface area contributed by atoms with Gasteiger partial charge >= 0.3 is 60.8 Å². The summed E-state index contributed by atoms with van der Waals surface area (Å²) in [7, 11) is 0. The predicted molar refractivity (Wildman–Crippen MR) is 17.1 cm³/mol. The van der Waals surface area contributed by atoms with Gasteiger partial charge in [0.1, 0.15) is 0 Å². The van der Waals surface area contributed by atoms with Gasteiger partial charge in [0.05, 0.1) is 0 Å². The van der Waals surface area contributed by atoms with E-state index in [4.69, 9.17) is 0 Å². The first-order valence-electron chi connectivity index (χ1n) is 0. The molecule has 0 fully saturated rings. The Morgan fingerprint density at radius 3 is 0.750 bits per heavy atom. The molecule has 0 aliphatic rings. The maximum atomic E-state index is 0. The Bertz CT molecular complexity index is 6.00. The Morgan fingerprint density at radius 1 is 0.750 bits per heavy atom. The third-order valence-corrected chi connectivity index (χ3v) is 0. The van der Waals surface area contributed by atoms with Gasteiger partial charge in [0.15, 0.2) is 0 Å². The van der Waals surface area contributed by atoms with Crippen molar-refractivity contribution in [3.8, 4) is 0 Å². The third kappa shape index (κ3) is 8.91. The van der Waals surface area contributed by atoms with Gasteiger partial charge in [-0.2, -0.15) is 0 Å². The Labute approximate surface area is 92.9 Å². The molecule has 0 aromatic heterocycles. The number of hydrogen-bond acceptors (Lipinski definition) is 0. The minimum absolute atomic E-state index is 0. The molecule has 0 nitrogen and oxygen atoms in total. The van der Waals surface area contributed by atoms with Gasteiger partial charge in [-0.1, -0.05) is 0 Å². The van der Waals surface area contributed by atoms with Gasteiger partial charge in [-0.05, 0) is 0 Å². The summed E-state index contributed by atoms with van der Waals surface area (Å²) in [5, 5.41) is 0. The zero-order chi connectivity index (χ0) is 0. The quantitative estimate of drug-likeness (QED) is 0.384. The summed E-state index contributed by atoms with van der Waals surface area (Å²) < 4.78 is 0. The zero-order valence-electron chi connectivity index (χ0n) is 0.707. The van der Waals surface area contributed by atoms with Crippen molar-refractivity contribution in [3.63, 3.8) is 0 Å². The summed E-state index contributed by atoms with van der Waals surface area (Å²) in [4.78, 5) is 0. The van der Waals surface area contributed by atoms with E-state index in [0.717, 1.165) is 0 Å². The Balaban J connectivity index is 0. The largest absolute Gasteiger partial charge is 0.316 e.